The summed E-state index contributed by atoms with van der Waals surface area (Å²) in [4.78, 5) is 14.3. The summed E-state index contributed by atoms with van der Waals surface area (Å²) in [7, 11) is 4.12. The molecule has 3 heteroatoms. The maximum Gasteiger partial charge on any atom is 0.162 e. The first kappa shape index (κ1) is 20.7. The smallest absolute Gasteiger partial charge is 0.162 e. The van der Waals surface area contributed by atoms with Gasteiger partial charge in [-0.3, -0.25) is 4.79 Å². The number of ether oxygens (including phenoxy) is 1. The van der Waals surface area contributed by atoms with Gasteiger partial charge in [0.25, 0.3) is 0 Å². The van der Waals surface area contributed by atoms with Gasteiger partial charge in [-0.2, -0.15) is 0 Å². The summed E-state index contributed by atoms with van der Waals surface area (Å²) in [6.45, 7) is 4.05. The topological polar surface area (TPSA) is 29.5 Å². The SMILES string of the molecule is CCCCCCCCOc1ccc(C(=O)CCCCN(C)C)cc1. The first-order chi connectivity index (χ1) is 11.6. The van der Waals surface area contributed by atoms with Gasteiger partial charge in [0.15, 0.2) is 5.78 Å². The van der Waals surface area contributed by atoms with Crippen LogP contribution in [0, 0.1) is 0 Å². The Morgan fingerprint density at radius 1 is 0.917 bits per heavy atom. The summed E-state index contributed by atoms with van der Waals surface area (Å²) >= 11 is 0. The van der Waals surface area contributed by atoms with E-state index in [0.717, 1.165) is 43.7 Å². The summed E-state index contributed by atoms with van der Waals surface area (Å²) in [5.41, 5.74) is 0.798. The van der Waals surface area contributed by atoms with Gasteiger partial charge in [-0.15, -0.1) is 0 Å². The van der Waals surface area contributed by atoms with Crippen molar-refractivity contribution in [1.29, 1.82) is 0 Å². The molecule has 0 heterocycles. The van der Waals surface area contributed by atoms with Crippen LogP contribution in [-0.2, 0) is 0 Å². The molecule has 0 amide bonds. The number of benzene rings is 1. The van der Waals surface area contributed by atoms with E-state index < -0.39 is 0 Å². The van der Waals surface area contributed by atoms with Gasteiger partial charge in [-0.05, 0) is 64.2 Å². The Hall–Kier alpha value is -1.35. The Morgan fingerprint density at radius 3 is 2.25 bits per heavy atom. The molecule has 3 nitrogen and oxygen atoms in total. The molecule has 0 aliphatic heterocycles. The standard InChI is InChI=1S/C21H35NO2/c1-4-5-6-7-8-11-18-24-20-15-13-19(14-16-20)21(23)12-9-10-17-22(2)3/h13-16H,4-12,17-18H2,1-3H3. The van der Waals surface area contributed by atoms with E-state index in [1.807, 2.05) is 24.3 Å². The monoisotopic (exact) mass is 333 g/mol. The number of nitrogens with zero attached hydrogens (tertiary/aromatic N) is 1. The lowest BCUT2D eigenvalue weighted by Crippen LogP contribution is -2.13. The molecule has 0 atom stereocenters. The average Bonchev–Trinajstić information content (AvgIpc) is 2.58. The number of Topliss-reactive ketones (excluding diaryl/α,β-unsaturated/α-hetero) is 1. The molecule has 1 rings (SSSR count). The van der Waals surface area contributed by atoms with Crippen LogP contribution in [0.25, 0.3) is 0 Å². The minimum absolute atomic E-state index is 0.233. The predicted octanol–water partition coefficient (Wildman–Crippen LogP) is 5.34. The van der Waals surface area contributed by atoms with Crippen LogP contribution in [0.3, 0.4) is 0 Å². The largest absolute Gasteiger partial charge is 0.494 e. The minimum atomic E-state index is 0.233. The molecule has 0 aliphatic rings. The lowest BCUT2D eigenvalue weighted by Gasteiger charge is -2.09. The van der Waals surface area contributed by atoms with Crippen LogP contribution < -0.4 is 4.74 Å². The van der Waals surface area contributed by atoms with Gasteiger partial charge in [0, 0.05) is 12.0 Å². The Balaban J connectivity index is 2.19. The Morgan fingerprint density at radius 2 is 1.58 bits per heavy atom. The lowest BCUT2D eigenvalue weighted by molar-refractivity contribution is 0.0978. The molecule has 0 radical (unpaired) electrons. The predicted molar refractivity (Wildman–Crippen MR) is 102 cm³/mol. The van der Waals surface area contributed by atoms with Crippen LogP contribution in [0.1, 0.15) is 75.1 Å². The highest BCUT2D eigenvalue weighted by molar-refractivity contribution is 5.96. The third kappa shape index (κ3) is 9.71. The van der Waals surface area contributed by atoms with Gasteiger partial charge in [0.1, 0.15) is 5.75 Å². The van der Waals surface area contributed by atoms with E-state index in [1.165, 1.54) is 32.1 Å². The number of unbranched alkanes of at least 4 members (excludes halogenated alkanes) is 6. The second-order valence-electron chi connectivity index (χ2n) is 6.82. The maximum absolute atomic E-state index is 12.1. The van der Waals surface area contributed by atoms with Crippen molar-refractivity contribution in [1.82, 2.24) is 4.90 Å². The van der Waals surface area contributed by atoms with Crippen LogP contribution >= 0.6 is 0 Å². The quantitative estimate of drug-likeness (QED) is 0.340. The molecule has 24 heavy (non-hydrogen) atoms. The van der Waals surface area contributed by atoms with Crippen molar-refractivity contribution in [2.24, 2.45) is 0 Å². The zero-order chi connectivity index (χ0) is 17.6. The zero-order valence-corrected chi connectivity index (χ0v) is 15.9. The van der Waals surface area contributed by atoms with Crippen molar-refractivity contribution in [3.63, 3.8) is 0 Å². The summed E-state index contributed by atoms with van der Waals surface area (Å²) in [6.07, 6.45) is 10.3. The van der Waals surface area contributed by atoms with Crippen molar-refractivity contribution in [2.45, 2.75) is 64.7 Å². The van der Waals surface area contributed by atoms with Crippen LogP contribution in [-0.4, -0.2) is 37.9 Å². The van der Waals surface area contributed by atoms with Crippen molar-refractivity contribution < 1.29 is 9.53 Å². The molecular formula is C21H35NO2. The highest BCUT2D eigenvalue weighted by Crippen LogP contribution is 2.15. The molecule has 136 valence electrons. The molecule has 0 N–H and O–H groups in total. The van der Waals surface area contributed by atoms with Crippen molar-refractivity contribution >= 4 is 5.78 Å². The number of carbonyl (C=O) groups is 1. The van der Waals surface area contributed by atoms with E-state index in [2.05, 4.69) is 25.9 Å². The molecule has 1 aromatic rings. The Kier molecular flexibility index (Phi) is 11.2. The molecule has 1 aromatic carbocycles. The fraction of sp³-hybridized carbons (Fsp3) is 0.667. The fourth-order valence-corrected chi connectivity index (χ4v) is 2.67. The van der Waals surface area contributed by atoms with Gasteiger partial charge >= 0.3 is 0 Å². The average molecular weight is 334 g/mol. The van der Waals surface area contributed by atoms with Gasteiger partial charge in [0.2, 0.25) is 0 Å². The number of carbonyl (C=O) groups excluding carboxylic acids is 1. The number of ketones is 1. The molecule has 0 aromatic heterocycles. The van der Waals surface area contributed by atoms with Gasteiger partial charge < -0.3 is 9.64 Å². The number of hydrogen-bond donors (Lipinski definition) is 0. The highest BCUT2D eigenvalue weighted by atomic mass is 16.5. The molecule has 0 fully saturated rings. The maximum atomic E-state index is 12.1. The van der Waals surface area contributed by atoms with Gasteiger partial charge in [-0.25, -0.2) is 0 Å². The summed E-state index contributed by atoms with van der Waals surface area (Å²) in [5, 5.41) is 0. The molecule has 0 saturated heterocycles. The second-order valence-corrected chi connectivity index (χ2v) is 6.82. The molecule has 0 aliphatic carbocycles. The molecular weight excluding hydrogens is 298 g/mol. The van der Waals surface area contributed by atoms with Crippen LogP contribution in [0.15, 0.2) is 24.3 Å². The third-order valence-corrected chi connectivity index (χ3v) is 4.20. The van der Waals surface area contributed by atoms with Gasteiger partial charge in [-0.1, -0.05) is 39.0 Å². The Labute approximate surface area is 148 Å². The minimum Gasteiger partial charge on any atom is -0.494 e. The summed E-state index contributed by atoms with van der Waals surface area (Å²) < 4.78 is 5.76. The lowest BCUT2D eigenvalue weighted by atomic mass is 10.1. The van der Waals surface area contributed by atoms with Crippen LogP contribution in [0.5, 0.6) is 5.75 Å². The van der Waals surface area contributed by atoms with Crippen molar-refractivity contribution in [2.75, 3.05) is 27.2 Å². The van der Waals surface area contributed by atoms with Crippen LogP contribution in [0.4, 0.5) is 0 Å². The van der Waals surface area contributed by atoms with E-state index in [1.54, 1.807) is 0 Å². The molecule has 0 saturated carbocycles. The van der Waals surface area contributed by atoms with E-state index in [0.29, 0.717) is 6.42 Å². The normalized spacial score (nSPS) is 11.0. The van der Waals surface area contributed by atoms with E-state index in [9.17, 15) is 4.79 Å². The fourth-order valence-electron chi connectivity index (χ4n) is 2.67. The summed E-state index contributed by atoms with van der Waals surface area (Å²) in [5.74, 6) is 1.10. The number of hydrogen-bond acceptors (Lipinski definition) is 3. The van der Waals surface area contributed by atoms with Gasteiger partial charge in [0.05, 0.1) is 6.61 Å². The van der Waals surface area contributed by atoms with E-state index >= 15 is 0 Å². The second kappa shape index (κ2) is 13.0. The zero-order valence-electron chi connectivity index (χ0n) is 15.9. The molecule has 0 bridgehead atoms. The van der Waals surface area contributed by atoms with E-state index in [-0.39, 0.29) is 5.78 Å². The Bertz CT molecular complexity index is 440. The molecule has 0 unspecified atom stereocenters. The highest BCUT2D eigenvalue weighted by Gasteiger charge is 2.06. The first-order valence-electron chi connectivity index (χ1n) is 9.54. The van der Waals surface area contributed by atoms with E-state index in [4.69, 9.17) is 4.74 Å². The third-order valence-electron chi connectivity index (χ3n) is 4.20. The summed E-state index contributed by atoms with van der Waals surface area (Å²) in [6, 6.07) is 7.63. The van der Waals surface area contributed by atoms with Crippen LogP contribution in [0.2, 0.25) is 0 Å². The molecule has 0 spiro atoms. The van der Waals surface area contributed by atoms with Crippen molar-refractivity contribution in [3.8, 4) is 5.75 Å². The van der Waals surface area contributed by atoms with Crippen molar-refractivity contribution in [3.05, 3.63) is 29.8 Å². The first-order valence-corrected chi connectivity index (χ1v) is 9.54. The number of rotatable bonds is 14.